The van der Waals surface area contributed by atoms with Gasteiger partial charge in [-0.3, -0.25) is 4.79 Å². The van der Waals surface area contributed by atoms with Gasteiger partial charge in [0, 0.05) is 12.5 Å². The molecule has 3 nitrogen and oxygen atoms in total. The highest BCUT2D eigenvalue weighted by Crippen LogP contribution is 2.28. The van der Waals surface area contributed by atoms with E-state index < -0.39 is 0 Å². The molecule has 0 aromatic carbocycles. The van der Waals surface area contributed by atoms with Crippen LogP contribution in [0.5, 0.6) is 0 Å². The maximum Gasteiger partial charge on any atom is 0.309 e. The number of carbonyl (C=O) groups is 1. The number of carbonyl (C=O) groups excluding carboxylic acids is 1. The predicted octanol–water partition coefficient (Wildman–Crippen LogP) is 0.980. The van der Waals surface area contributed by atoms with Crippen molar-refractivity contribution in [3.8, 4) is 0 Å². The van der Waals surface area contributed by atoms with Crippen molar-refractivity contribution >= 4 is 5.97 Å². The Morgan fingerprint density at radius 1 is 1.62 bits per heavy atom. The summed E-state index contributed by atoms with van der Waals surface area (Å²) in [6.07, 6.45) is 4.65. The van der Waals surface area contributed by atoms with E-state index in [0.29, 0.717) is 6.42 Å². The quantitative estimate of drug-likeness (QED) is 0.514. The van der Waals surface area contributed by atoms with Crippen LogP contribution >= 0.6 is 0 Å². The lowest BCUT2D eigenvalue weighted by Crippen LogP contribution is -2.28. The molecule has 1 aliphatic rings. The van der Waals surface area contributed by atoms with Crippen molar-refractivity contribution in [2.24, 2.45) is 17.8 Å². The molecule has 0 aromatic heterocycles. The van der Waals surface area contributed by atoms with E-state index in [4.69, 9.17) is 9.84 Å². The zero-order chi connectivity index (χ0) is 9.84. The summed E-state index contributed by atoms with van der Waals surface area (Å²) in [5.74, 6) is 0.0676. The van der Waals surface area contributed by atoms with Crippen molar-refractivity contribution in [3.63, 3.8) is 0 Å². The fraction of sp³-hybridized carbons (Fsp3) is 0.700. The highest BCUT2D eigenvalue weighted by Gasteiger charge is 2.29. The largest absolute Gasteiger partial charge is 0.469 e. The summed E-state index contributed by atoms with van der Waals surface area (Å²) in [6, 6.07) is 0. The average molecular weight is 184 g/mol. The monoisotopic (exact) mass is 184 g/mol. The molecule has 0 spiro atoms. The van der Waals surface area contributed by atoms with E-state index in [1.165, 1.54) is 7.11 Å². The van der Waals surface area contributed by atoms with Gasteiger partial charge in [0.2, 0.25) is 0 Å². The predicted molar refractivity (Wildman–Crippen MR) is 49.0 cm³/mol. The Bertz CT molecular complexity index is 210. The Hall–Kier alpha value is -0.830. The summed E-state index contributed by atoms with van der Waals surface area (Å²) in [4.78, 5) is 11.3. The van der Waals surface area contributed by atoms with Crippen LogP contribution in [-0.4, -0.2) is 24.8 Å². The normalized spacial score (nSPS) is 33.0. The molecule has 13 heavy (non-hydrogen) atoms. The number of hydrogen-bond donors (Lipinski definition) is 1. The molecule has 0 fully saturated rings. The van der Waals surface area contributed by atoms with E-state index in [2.05, 4.69) is 0 Å². The standard InChI is InChI=1S/C10H16O3/c1-7-3-4-8(6-11)5-9(7)10(12)13-2/h3-4,7-9,11H,5-6H2,1-2H3/t7-,8+,9-/m1/s1. The van der Waals surface area contributed by atoms with Crippen LogP contribution in [-0.2, 0) is 9.53 Å². The molecule has 0 saturated carbocycles. The minimum atomic E-state index is -0.171. The van der Waals surface area contributed by atoms with Crippen molar-refractivity contribution in [1.29, 1.82) is 0 Å². The summed E-state index contributed by atoms with van der Waals surface area (Å²) in [6.45, 7) is 2.10. The Morgan fingerprint density at radius 2 is 2.31 bits per heavy atom. The van der Waals surface area contributed by atoms with Crippen molar-refractivity contribution < 1.29 is 14.6 Å². The summed E-state index contributed by atoms with van der Waals surface area (Å²) >= 11 is 0. The Balaban J connectivity index is 2.65. The first kappa shape index (κ1) is 10.3. The van der Waals surface area contributed by atoms with Crippen LogP contribution in [0.4, 0.5) is 0 Å². The minimum Gasteiger partial charge on any atom is -0.469 e. The summed E-state index contributed by atoms with van der Waals surface area (Å²) < 4.78 is 4.70. The van der Waals surface area contributed by atoms with E-state index in [1.807, 2.05) is 19.1 Å². The number of aliphatic hydroxyl groups excluding tert-OH is 1. The molecular formula is C10H16O3. The zero-order valence-electron chi connectivity index (χ0n) is 8.06. The first-order chi connectivity index (χ1) is 6.19. The molecule has 3 heteroatoms. The summed E-state index contributed by atoms with van der Waals surface area (Å²) in [5.41, 5.74) is 0. The SMILES string of the molecule is COC(=O)[C@@H]1C[C@@H](CO)C=C[C@H]1C. The first-order valence-electron chi connectivity index (χ1n) is 4.56. The molecule has 3 atom stereocenters. The first-order valence-corrected chi connectivity index (χ1v) is 4.56. The van der Waals surface area contributed by atoms with Crippen LogP contribution in [0, 0.1) is 17.8 Å². The van der Waals surface area contributed by atoms with Gasteiger partial charge in [-0.25, -0.2) is 0 Å². The van der Waals surface area contributed by atoms with Crippen molar-refractivity contribution in [1.82, 2.24) is 0 Å². The van der Waals surface area contributed by atoms with E-state index in [9.17, 15) is 4.79 Å². The number of hydrogen-bond acceptors (Lipinski definition) is 3. The topological polar surface area (TPSA) is 46.5 Å². The highest BCUT2D eigenvalue weighted by molar-refractivity contribution is 5.73. The van der Waals surface area contributed by atoms with Crippen LogP contribution < -0.4 is 0 Å². The second-order valence-corrected chi connectivity index (χ2v) is 3.55. The molecule has 1 rings (SSSR count). The fourth-order valence-corrected chi connectivity index (χ4v) is 1.68. The van der Waals surface area contributed by atoms with Crippen LogP contribution in [0.1, 0.15) is 13.3 Å². The second kappa shape index (κ2) is 4.42. The minimum absolute atomic E-state index is 0.0906. The van der Waals surface area contributed by atoms with Gasteiger partial charge in [0.1, 0.15) is 0 Å². The van der Waals surface area contributed by atoms with Crippen LogP contribution in [0.3, 0.4) is 0 Å². The van der Waals surface area contributed by atoms with Gasteiger partial charge in [0.05, 0.1) is 13.0 Å². The maximum atomic E-state index is 11.3. The molecule has 1 N–H and O–H groups in total. The van der Waals surface area contributed by atoms with Gasteiger partial charge < -0.3 is 9.84 Å². The number of allylic oxidation sites excluding steroid dienone is 1. The smallest absolute Gasteiger partial charge is 0.309 e. The van der Waals surface area contributed by atoms with E-state index in [-0.39, 0.29) is 30.3 Å². The Labute approximate surface area is 78.4 Å². The fourth-order valence-electron chi connectivity index (χ4n) is 1.68. The lowest BCUT2D eigenvalue weighted by Gasteiger charge is -2.26. The van der Waals surface area contributed by atoms with Crippen LogP contribution in [0.2, 0.25) is 0 Å². The maximum absolute atomic E-state index is 11.3. The Kier molecular flexibility index (Phi) is 3.48. The molecule has 0 heterocycles. The highest BCUT2D eigenvalue weighted by atomic mass is 16.5. The molecule has 0 saturated heterocycles. The van der Waals surface area contributed by atoms with Crippen molar-refractivity contribution in [2.45, 2.75) is 13.3 Å². The number of ether oxygens (including phenoxy) is 1. The molecule has 0 radical (unpaired) electrons. The number of aliphatic hydroxyl groups is 1. The summed E-state index contributed by atoms with van der Waals surface area (Å²) in [5, 5.41) is 8.95. The molecule has 0 unspecified atom stereocenters. The third kappa shape index (κ3) is 2.31. The third-order valence-electron chi connectivity index (χ3n) is 2.62. The van der Waals surface area contributed by atoms with E-state index in [1.54, 1.807) is 0 Å². The second-order valence-electron chi connectivity index (χ2n) is 3.55. The lowest BCUT2D eigenvalue weighted by atomic mass is 9.80. The zero-order valence-corrected chi connectivity index (χ0v) is 8.06. The van der Waals surface area contributed by atoms with Crippen LogP contribution in [0.25, 0.3) is 0 Å². The molecule has 0 bridgehead atoms. The van der Waals surface area contributed by atoms with Gasteiger partial charge in [0.15, 0.2) is 0 Å². The Morgan fingerprint density at radius 3 is 2.85 bits per heavy atom. The lowest BCUT2D eigenvalue weighted by molar-refractivity contribution is -0.147. The molecule has 0 aliphatic heterocycles. The number of rotatable bonds is 2. The third-order valence-corrected chi connectivity index (χ3v) is 2.62. The molecule has 1 aliphatic carbocycles. The summed E-state index contributed by atoms with van der Waals surface area (Å²) in [7, 11) is 1.40. The molecule has 74 valence electrons. The average Bonchev–Trinajstić information content (AvgIpc) is 2.17. The number of methoxy groups -OCH3 is 1. The van der Waals surface area contributed by atoms with Gasteiger partial charge >= 0.3 is 5.97 Å². The van der Waals surface area contributed by atoms with E-state index in [0.717, 1.165) is 0 Å². The number of esters is 1. The van der Waals surface area contributed by atoms with E-state index >= 15 is 0 Å². The van der Waals surface area contributed by atoms with Gasteiger partial charge in [-0.1, -0.05) is 19.1 Å². The van der Waals surface area contributed by atoms with Crippen molar-refractivity contribution in [3.05, 3.63) is 12.2 Å². The van der Waals surface area contributed by atoms with Crippen molar-refractivity contribution in [2.75, 3.05) is 13.7 Å². The van der Waals surface area contributed by atoms with Gasteiger partial charge in [0.25, 0.3) is 0 Å². The van der Waals surface area contributed by atoms with Gasteiger partial charge in [-0.05, 0) is 12.3 Å². The molecule has 0 amide bonds. The van der Waals surface area contributed by atoms with Crippen LogP contribution in [0.15, 0.2) is 12.2 Å². The van der Waals surface area contributed by atoms with Gasteiger partial charge in [-0.15, -0.1) is 0 Å². The van der Waals surface area contributed by atoms with Gasteiger partial charge in [-0.2, -0.15) is 0 Å². The molecular weight excluding hydrogens is 168 g/mol. The molecule has 0 aromatic rings.